The van der Waals surface area contributed by atoms with Crippen LogP contribution in [-0.2, 0) is 38.1 Å². The van der Waals surface area contributed by atoms with Crippen LogP contribution in [0.3, 0.4) is 0 Å². The van der Waals surface area contributed by atoms with Crippen molar-refractivity contribution in [3.8, 4) is 0 Å². The second kappa shape index (κ2) is 15.1. The van der Waals surface area contributed by atoms with Gasteiger partial charge in [0, 0.05) is 25.9 Å². The highest BCUT2D eigenvalue weighted by atomic mass is 16.7. The highest BCUT2D eigenvalue weighted by molar-refractivity contribution is 5.78. The predicted molar refractivity (Wildman–Crippen MR) is 91.9 cm³/mol. The van der Waals surface area contributed by atoms with Gasteiger partial charge in [-0.05, 0) is 26.8 Å². The monoisotopic (exact) mass is 372 g/mol. The molecule has 1 rings (SSSR count). The standard InChI is InChI=1S/C10H16O4.C8H12O4/c1-3-12-9-7-8(5-6-14-9)10(11)13-4-2;1-2-12-8(11)7(3-5-9)4-6-10/h5-6,8-9H,3-4,7H2,1-2H3;5-7H,2-4H2,1H3. The van der Waals surface area contributed by atoms with Gasteiger partial charge in [-0.2, -0.15) is 0 Å². The minimum Gasteiger partial charge on any atom is -0.473 e. The Morgan fingerprint density at radius 3 is 2.19 bits per heavy atom. The fourth-order valence-electron chi connectivity index (χ4n) is 2.07. The lowest BCUT2D eigenvalue weighted by Crippen LogP contribution is -2.27. The van der Waals surface area contributed by atoms with E-state index < -0.39 is 11.9 Å². The highest BCUT2D eigenvalue weighted by Gasteiger charge is 2.25. The van der Waals surface area contributed by atoms with E-state index in [9.17, 15) is 19.2 Å². The van der Waals surface area contributed by atoms with Gasteiger partial charge < -0.3 is 28.5 Å². The van der Waals surface area contributed by atoms with Crippen molar-refractivity contribution in [3.63, 3.8) is 0 Å². The van der Waals surface area contributed by atoms with Crippen LogP contribution in [0.4, 0.5) is 0 Å². The second-order valence-electron chi connectivity index (χ2n) is 5.20. The van der Waals surface area contributed by atoms with Gasteiger partial charge in [-0.15, -0.1) is 0 Å². The Labute approximate surface area is 153 Å². The van der Waals surface area contributed by atoms with Crippen LogP contribution in [-0.4, -0.2) is 50.6 Å². The number of carbonyl (C=O) groups excluding carboxylic acids is 4. The first-order valence-electron chi connectivity index (χ1n) is 8.68. The lowest BCUT2D eigenvalue weighted by molar-refractivity contribution is -0.156. The van der Waals surface area contributed by atoms with Crippen molar-refractivity contribution in [1.29, 1.82) is 0 Å². The van der Waals surface area contributed by atoms with Crippen LogP contribution in [0, 0.1) is 11.8 Å². The largest absolute Gasteiger partial charge is 0.473 e. The van der Waals surface area contributed by atoms with Gasteiger partial charge in [-0.1, -0.05) is 0 Å². The SMILES string of the molecule is CCOC(=O)C(CC=O)CC=O.CCOC(=O)C1C=COC(OCC)C1. The average Bonchev–Trinajstić information content (AvgIpc) is 2.63. The summed E-state index contributed by atoms with van der Waals surface area (Å²) in [6.07, 6.45) is 4.76. The molecule has 0 aromatic heterocycles. The molecule has 0 fully saturated rings. The summed E-state index contributed by atoms with van der Waals surface area (Å²) in [5, 5.41) is 0. The van der Waals surface area contributed by atoms with Gasteiger partial charge in [0.05, 0.1) is 31.3 Å². The number of hydrogen-bond acceptors (Lipinski definition) is 8. The number of rotatable bonds is 10. The minimum atomic E-state index is -0.597. The topological polar surface area (TPSA) is 105 Å². The summed E-state index contributed by atoms with van der Waals surface area (Å²) in [5.74, 6) is -1.52. The molecular formula is C18H28O8. The van der Waals surface area contributed by atoms with E-state index in [2.05, 4.69) is 4.74 Å². The molecule has 1 heterocycles. The molecule has 26 heavy (non-hydrogen) atoms. The third kappa shape index (κ3) is 9.93. The van der Waals surface area contributed by atoms with Gasteiger partial charge in [0.1, 0.15) is 12.6 Å². The number of ether oxygens (including phenoxy) is 4. The van der Waals surface area contributed by atoms with Gasteiger partial charge in [-0.25, -0.2) is 0 Å². The molecule has 148 valence electrons. The smallest absolute Gasteiger partial charge is 0.313 e. The maximum Gasteiger partial charge on any atom is 0.313 e. The molecule has 2 unspecified atom stereocenters. The molecule has 0 N–H and O–H groups in total. The van der Waals surface area contributed by atoms with Crippen LogP contribution < -0.4 is 0 Å². The van der Waals surface area contributed by atoms with Crippen molar-refractivity contribution < 1.29 is 38.1 Å². The molecular weight excluding hydrogens is 344 g/mol. The van der Waals surface area contributed by atoms with Crippen LogP contribution in [0.25, 0.3) is 0 Å². The summed E-state index contributed by atoms with van der Waals surface area (Å²) in [5.41, 5.74) is 0. The summed E-state index contributed by atoms with van der Waals surface area (Å²) in [4.78, 5) is 42.5. The van der Waals surface area contributed by atoms with Crippen molar-refractivity contribution in [2.24, 2.45) is 11.8 Å². The maximum atomic E-state index is 11.4. The van der Waals surface area contributed by atoms with E-state index in [0.29, 0.717) is 32.2 Å². The van der Waals surface area contributed by atoms with E-state index >= 15 is 0 Å². The second-order valence-corrected chi connectivity index (χ2v) is 5.20. The zero-order valence-electron chi connectivity index (χ0n) is 15.6. The normalized spacial score (nSPS) is 18.2. The molecule has 1 aliphatic rings. The fourth-order valence-corrected chi connectivity index (χ4v) is 2.07. The van der Waals surface area contributed by atoms with Gasteiger partial charge in [0.2, 0.25) is 0 Å². The van der Waals surface area contributed by atoms with Crippen molar-refractivity contribution in [2.45, 2.75) is 46.3 Å². The number of carbonyl (C=O) groups is 4. The van der Waals surface area contributed by atoms with Crippen LogP contribution in [0.2, 0.25) is 0 Å². The Hall–Kier alpha value is -2.22. The first kappa shape index (κ1) is 23.8. The molecule has 0 radical (unpaired) electrons. The highest BCUT2D eigenvalue weighted by Crippen LogP contribution is 2.19. The van der Waals surface area contributed by atoms with Crippen molar-refractivity contribution in [1.82, 2.24) is 0 Å². The van der Waals surface area contributed by atoms with Crippen molar-refractivity contribution >= 4 is 24.5 Å². The number of aldehydes is 2. The molecule has 0 aromatic carbocycles. The van der Waals surface area contributed by atoms with Gasteiger partial charge in [0.15, 0.2) is 6.29 Å². The lowest BCUT2D eigenvalue weighted by Gasteiger charge is -2.23. The molecule has 0 spiro atoms. The summed E-state index contributed by atoms with van der Waals surface area (Å²) >= 11 is 0. The third-order valence-electron chi connectivity index (χ3n) is 3.31. The van der Waals surface area contributed by atoms with Crippen LogP contribution in [0.1, 0.15) is 40.0 Å². The zero-order chi connectivity index (χ0) is 19.8. The van der Waals surface area contributed by atoms with Crippen molar-refractivity contribution in [3.05, 3.63) is 12.3 Å². The molecule has 0 amide bonds. The van der Waals surface area contributed by atoms with E-state index in [1.54, 1.807) is 19.9 Å². The predicted octanol–water partition coefficient (Wildman–Crippen LogP) is 1.81. The maximum absolute atomic E-state index is 11.4. The Balaban J connectivity index is 0.000000488. The van der Waals surface area contributed by atoms with E-state index in [4.69, 9.17) is 14.2 Å². The van der Waals surface area contributed by atoms with Gasteiger partial charge in [0.25, 0.3) is 0 Å². The Bertz CT molecular complexity index is 450. The van der Waals surface area contributed by atoms with Crippen LogP contribution >= 0.6 is 0 Å². The average molecular weight is 372 g/mol. The molecule has 0 saturated carbocycles. The molecule has 8 heteroatoms. The summed E-state index contributed by atoms with van der Waals surface area (Å²) < 4.78 is 20.0. The van der Waals surface area contributed by atoms with Gasteiger partial charge in [-0.3, -0.25) is 9.59 Å². The molecule has 0 aliphatic carbocycles. The summed E-state index contributed by atoms with van der Waals surface area (Å²) in [7, 11) is 0. The summed E-state index contributed by atoms with van der Waals surface area (Å²) in [6, 6.07) is 0. The first-order chi connectivity index (χ1) is 12.5. The molecule has 1 aliphatic heterocycles. The molecule has 2 atom stereocenters. The van der Waals surface area contributed by atoms with E-state index in [-0.39, 0.29) is 37.6 Å². The van der Waals surface area contributed by atoms with Crippen molar-refractivity contribution in [2.75, 3.05) is 19.8 Å². The Kier molecular flexibility index (Phi) is 13.8. The van der Waals surface area contributed by atoms with Gasteiger partial charge >= 0.3 is 11.9 Å². The quantitative estimate of drug-likeness (QED) is 0.422. The van der Waals surface area contributed by atoms with E-state index in [1.807, 2.05) is 6.92 Å². The summed E-state index contributed by atoms with van der Waals surface area (Å²) in [6.45, 7) is 6.61. The molecule has 0 saturated heterocycles. The Morgan fingerprint density at radius 1 is 1.08 bits per heavy atom. The number of hydrogen-bond donors (Lipinski definition) is 0. The van der Waals surface area contributed by atoms with Crippen LogP contribution in [0.15, 0.2) is 12.3 Å². The van der Waals surface area contributed by atoms with E-state index in [0.717, 1.165) is 0 Å². The molecule has 0 aromatic rings. The minimum absolute atomic E-state index is 0.0531. The number of esters is 2. The van der Waals surface area contributed by atoms with E-state index in [1.165, 1.54) is 6.26 Å². The first-order valence-corrected chi connectivity index (χ1v) is 8.68. The lowest BCUT2D eigenvalue weighted by atomic mass is 10.0. The zero-order valence-corrected chi connectivity index (χ0v) is 15.6. The Morgan fingerprint density at radius 2 is 1.69 bits per heavy atom. The molecule has 8 nitrogen and oxygen atoms in total. The van der Waals surface area contributed by atoms with Crippen LogP contribution in [0.5, 0.6) is 0 Å². The third-order valence-corrected chi connectivity index (χ3v) is 3.31. The molecule has 0 bridgehead atoms. The fraction of sp³-hybridized carbons (Fsp3) is 0.667.